The van der Waals surface area contributed by atoms with E-state index in [4.69, 9.17) is 0 Å². The summed E-state index contributed by atoms with van der Waals surface area (Å²) < 4.78 is 39.8. The molecule has 0 saturated carbocycles. The van der Waals surface area contributed by atoms with E-state index in [0.29, 0.717) is 25.1 Å². The van der Waals surface area contributed by atoms with Crippen LogP contribution in [0, 0.1) is 5.92 Å². The molecule has 7 heteroatoms. The summed E-state index contributed by atoms with van der Waals surface area (Å²) in [6.07, 6.45) is -4.08. The van der Waals surface area contributed by atoms with Gasteiger partial charge in [0.25, 0.3) is 0 Å². The van der Waals surface area contributed by atoms with E-state index >= 15 is 0 Å². The Bertz CT molecular complexity index is 929. The van der Waals surface area contributed by atoms with Gasteiger partial charge in [0.1, 0.15) is 0 Å². The summed E-state index contributed by atoms with van der Waals surface area (Å²) >= 11 is 0. The van der Waals surface area contributed by atoms with Crippen molar-refractivity contribution in [2.24, 2.45) is 5.92 Å². The van der Waals surface area contributed by atoms with Crippen molar-refractivity contribution in [1.82, 2.24) is 10.2 Å². The molecule has 0 bridgehead atoms. The minimum absolute atomic E-state index is 0.0205. The molecule has 1 fully saturated rings. The van der Waals surface area contributed by atoms with E-state index in [-0.39, 0.29) is 18.0 Å². The largest absolute Gasteiger partial charge is 0.416 e. The van der Waals surface area contributed by atoms with Crippen molar-refractivity contribution in [3.05, 3.63) is 65.2 Å². The number of amides is 1. The number of nitrogens with one attached hydrogen (secondary N) is 1. The Morgan fingerprint density at radius 1 is 1.13 bits per heavy atom. The van der Waals surface area contributed by atoms with E-state index in [9.17, 15) is 18.0 Å². The first-order valence-electron chi connectivity index (χ1n) is 10.8. The summed E-state index contributed by atoms with van der Waals surface area (Å²) in [4.78, 5) is 17.5. The molecular formula is C24H28F3N3O. The molecule has 1 amide bonds. The average Bonchev–Trinajstić information content (AvgIpc) is 2.72. The van der Waals surface area contributed by atoms with Crippen LogP contribution in [-0.2, 0) is 23.9 Å². The van der Waals surface area contributed by atoms with Crippen LogP contribution in [0.5, 0.6) is 0 Å². The number of hydrogen-bond acceptors (Lipinski definition) is 3. The molecule has 4 nitrogen and oxygen atoms in total. The highest BCUT2D eigenvalue weighted by molar-refractivity contribution is 5.82. The molecule has 2 aliphatic rings. The molecule has 1 N–H and O–H groups in total. The second-order valence-corrected chi connectivity index (χ2v) is 8.80. The first kappa shape index (κ1) is 21.7. The number of nitrogens with zero attached hydrogens (tertiary/aromatic N) is 2. The molecule has 2 atom stereocenters. The Labute approximate surface area is 181 Å². The monoisotopic (exact) mass is 431 g/mol. The lowest BCUT2D eigenvalue weighted by atomic mass is 9.82. The number of carbonyl (C=O) groups is 1. The van der Waals surface area contributed by atoms with Crippen molar-refractivity contribution in [2.75, 3.05) is 24.5 Å². The fraction of sp³-hybridized carbons (Fsp3) is 0.458. The van der Waals surface area contributed by atoms with Crippen molar-refractivity contribution in [3.63, 3.8) is 0 Å². The molecule has 2 heterocycles. The number of rotatable bonds is 4. The third-order valence-corrected chi connectivity index (χ3v) is 6.14. The molecule has 0 unspecified atom stereocenters. The van der Waals surface area contributed by atoms with E-state index in [0.717, 1.165) is 24.8 Å². The quantitative estimate of drug-likeness (QED) is 0.792. The molecular weight excluding hydrogens is 403 g/mol. The number of anilines is 1. The fourth-order valence-corrected chi connectivity index (χ4v) is 4.74. The van der Waals surface area contributed by atoms with Crippen LogP contribution in [0.3, 0.4) is 0 Å². The van der Waals surface area contributed by atoms with Gasteiger partial charge in [-0.1, -0.05) is 30.3 Å². The number of hydrogen-bond donors (Lipinski definition) is 1. The minimum Gasteiger partial charge on any atom is -0.365 e. The van der Waals surface area contributed by atoms with Gasteiger partial charge in [-0.15, -0.1) is 0 Å². The Morgan fingerprint density at radius 2 is 1.87 bits per heavy atom. The van der Waals surface area contributed by atoms with Crippen LogP contribution in [-0.4, -0.2) is 42.5 Å². The summed E-state index contributed by atoms with van der Waals surface area (Å²) in [7, 11) is 0. The second-order valence-electron chi connectivity index (χ2n) is 8.80. The third-order valence-electron chi connectivity index (χ3n) is 6.14. The summed E-state index contributed by atoms with van der Waals surface area (Å²) in [6, 6.07) is 14.1. The maximum Gasteiger partial charge on any atom is 0.416 e. The van der Waals surface area contributed by atoms with E-state index in [1.807, 2.05) is 32.0 Å². The SMILES string of the molecule is CC(C)NC(=O)[C@H]1Cc2cc(C(F)(F)F)ccc2N2CCN(Cc3ccccc3)C[C@@H]12. The minimum atomic E-state index is -4.39. The fourth-order valence-electron chi connectivity index (χ4n) is 4.74. The van der Waals surface area contributed by atoms with E-state index in [1.165, 1.54) is 11.6 Å². The highest BCUT2D eigenvalue weighted by Gasteiger charge is 2.42. The highest BCUT2D eigenvalue weighted by atomic mass is 19.4. The van der Waals surface area contributed by atoms with Crippen molar-refractivity contribution < 1.29 is 18.0 Å². The lowest BCUT2D eigenvalue weighted by molar-refractivity contribution is -0.137. The number of alkyl halides is 3. The average molecular weight is 432 g/mol. The first-order valence-corrected chi connectivity index (χ1v) is 10.8. The topological polar surface area (TPSA) is 35.6 Å². The zero-order chi connectivity index (χ0) is 22.2. The van der Waals surface area contributed by atoms with Gasteiger partial charge in [-0.25, -0.2) is 0 Å². The van der Waals surface area contributed by atoms with Gasteiger partial charge in [0.05, 0.1) is 17.5 Å². The zero-order valence-corrected chi connectivity index (χ0v) is 17.8. The van der Waals surface area contributed by atoms with Gasteiger partial charge in [0.15, 0.2) is 0 Å². The van der Waals surface area contributed by atoms with Crippen molar-refractivity contribution >= 4 is 11.6 Å². The van der Waals surface area contributed by atoms with Crippen LogP contribution < -0.4 is 10.2 Å². The Balaban J connectivity index is 1.63. The molecule has 0 aromatic heterocycles. The molecule has 1 saturated heterocycles. The van der Waals surface area contributed by atoms with Gasteiger partial charge < -0.3 is 10.2 Å². The van der Waals surface area contributed by atoms with Crippen molar-refractivity contribution in [1.29, 1.82) is 0 Å². The van der Waals surface area contributed by atoms with Gasteiger partial charge in [-0.3, -0.25) is 9.69 Å². The highest BCUT2D eigenvalue weighted by Crippen LogP contribution is 2.40. The molecule has 4 rings (SSSR count). The van der Waals surface area contributed by atoms with Crippen molar-refractivity contribution in [3.8, 4) is 0 Å². The lowest BCUT2D eigenvalue weighted by Crippen LogP contribution is -2.61. The number of benzene rings is 2. The van der Waals surface area contributed by atoms with Gasteiger partial charge >= 0.3 is 6.18 Å². The molecule has 0 aliphatic carbocycles. The molecule has 0 spiro atoms. The lowest BCUT2D eigenvalue weighted by Gasteiger charge is -2.49. The van der Waals surface area contributed by atoms with Crippen LogP contribution in [0.25, 0.3) is 0 Å². The van der Waals surface area contributed by atoms with Gasteiger partial charge in [-0.2, -0.15) is 13.2 Å². The van der Waals surface area contributed by atoms with Crippen molar-refractivity contribution in [2.45, 2.75) is 45.1 Å². The van der Waals surface area contributed by atoms with Gasteiger partial charge in [0, 0.05) is 37.9 Å². The first-order chi connectivity index (χ1) is 14.7. The zero-order valence-electron chi connectivity index (χ0n) is 17.8. The summed E-state index contributed by atoms with van der Waals surface area (Å²) in [5.74, 6) is -0.480. The second kappa shape index (κ2) is 8.54. The molecule has 166 valence electrons. The molecule has 2 aromatic carbocycles. The Kier molecular flexibility index (Phi) is 5.97. The smallest absolute Gasteiger partial charge is 0.365 e. The van der Waals surface area contributed by atoms with E-state index in [1.54, 1.807) is 6.07 Å². The summed E-state index contributed by atoms with van der Waals surface area (Å²) in [6.45, 7) is 6.77. The van der Waals surface area contributed by atoms with Crippen LogP contribution in [0.1, 0.15) is 30.5 Å². The van der Waals surface area contributed by atoms with Crippen LogP contribution >= 0.6 is 0 Å². The maximum atomic E-state index is 13.3. The summed E-state index contributed by atoms with van der Waals surface area (Å²) in [5.41, 5.74) is 1.98. The Hall–Kier alpha value is -2.54. The summed E-state index contributed by atoms with van der Waals surface area (Å²) in [5, 5.41) is 2.98. The van der Waals surface area contributed by atoms with E-state index < -0.39 is 17.7 Å². The third kappa shape index (κ3) is 4.71. The number of piperazine rings is 1. The molecule has 0 radical (unpaired) electrons. The molecule has 31 heavy (non-hydrogen) atoms. The van der Waals surface area contributed by atoms with E-state index in [2.05, 4.69) is 27.2 Å². The van der Waals surface area contributed by atoms with Gasteiger partial charge in [-0.05, 0) is 49.6 Å². The van der Waals surface area contributed by atoms with Crippen LogP contribution in [0.15, 0.2) is 48.5 Å². The predicted octanol–water partition coefficient (Wildman–Crippen LogP) is 4.09. The molecule has 2 aliphatic heterocycles. The predicted molar refractivity (Wildman–Crippen MR) is 115 cm³/mol. The Morgan fingerprint density at radius 3 is 2.55 bits per heavy atom. The normalized spacial score (nSPS) is 21.5. The van der Waals surface area contributed by atoms with Crippen LogP contribution in [0.4, 0.5) is 18.9 Å². The number of fused-ring (bicyclic) bond motifs is 3. The number of carbonyl (C=O) groups excluding carboxylic acids is 1. The standard InChI is InChI=1S/C24H28F3N3O/c1-16(2)28-23(31)20-13-18-12-19(24(25,26)27)8-9-21(18)30-11-10-29(15-22(20)30)14-17-6-4-3-5-7-17/h3-9,12,16,20,22H,10-11,13-15H2,1-2H3,(H,28,31)/t20-,22-/m0/s1. The maximum absolute atomic E-state index is 13.3. The molecule has 2 aromatic rings. The van der Waals surface area contributed by atoms with Crippen LogP contribution in [0.2, 0.25) is 0 Å². The van der Waals surface area contributed by atoms with Gasteiger partial charge in [0.2, 0.25) is 5.91 Å². The number of halogens is 3.